The van der Waals surface area contributed by atoms with E-state index in [0.717, 1.165) is 16.8 Å². The van der Waals surface area contributed by atoms with Gasteiger partial charge in [0.05, 0.1) is 23.6 Å². The van der Waals surface area contributed by atoms with E-state index < -0.39 is 6.04 Å². The lowest BCUT2D eigenvalue weighted by Crippen LogP contribution is -2.47. The molecule has 1 aliphatic rings. The highest BCUT2D eigenvalue weighted by Crippen LogP contribution is 2.26. The summed E-state index contributed by atoms with van der Waals surface area (Å²) in [5, 5.41) is 8.46. The normalized spacial score (nSPS) is 16.2. The number of urea groups is 1. The number of carbonyl (C=O) groups excluding carboxylic acids is 2. The van der Waals surface area contributed by atoms with Crippen molar-refractivity contribution >= 4 is 11.9 Å². The van der Waals surface area contributed by atoms with E-state index in [1.807, 2.05) is 41.1 Å². The van der Waals surface area contributed by atoms with Gasteiger partial charge in [0.1, 0.15) is 0 Å². The summed E-state index contributed by atoms with van der Waals surface area (Å²) >= 11 is 0. The lowest BCUT2D eigenvalue weighted by atomic mass is 9.96. The number of benzene rings is 1. The number of rotatable bonds is 5. The summed E-state index contributed by atoms with van der Waals surface area (Å²) < 4.78 is 1.90. The van der Waals surface area contributed by atoms with Gasteiger partial charge in [-0.05, 0) is 30.2 Å². The van der Waals surface area contributed by atoms with E-state index in [4.69, 9.17) is 0 Å². The highest BCUT2D eigenvalue weighted by molar-refractivity contribution is 5.98. The first-order valence-corrected chi connectivity index (χ1v) is 9.16. The van der Waals surface area contributed by atoms with E-state index in [1.54, 1.807) is 37.9 Å². The molecule has 0 saturated heterocycles. The summed E-state index contributed by atoms with van der Waals surface area (Å²) in [5.41, 5.74) is 3.60. The maximum absolute atomic E-state index is 13.1. The Hall–Kier alpha value is -3.94. The number of imidazole rings is 1. The van der Waals surface area contributed by atoms with Crippen molar-refractivity contribution in [3.05, 3.63) is 89.9 Å². The molecule has 8 nitrogen and oxygen atoms in total. The number of para-hydroxylation sites is 1. The predicted molar refractivity (Wildman–Crippen MR) is 107 cm³/mol. The molecule has 3 heterocycles. The SMILES string of the molecule is CC1=C(C(=O)NCc2ccccc2-n2ccnc2)[C@@H](c2cccnc2)NC(=O)N1. The van der Waals surface area contributed by atoms with E-state index in [9.17, 15) is 9.59 Å². The highest BCUT2D eigenvalue weighted by atomic mass is 16.2. The molecular weight excluding hydrogens is 368 g/mol. The van der Waals surface area contributed by atoms with Crippen LogP contribution >= 0.6 is 0 Å². The first-order valence-electron chi connectivity index (χ1n) is 9.16. The molecule has 0 aliphatic carbocycles. The van der Waals surface area contributed by atoms with E-state index in [-0.39, 0.29) is 11.9 Å². The topological polar surface area (TPSA) is 101 Å². The lowest BCUT2D eigenvalue weighted by Gasteiger charge is -2.28. The first-order chi connectivity index (χ1) is 14.1. The average molecular weight is 388 g/mol. The molecule has 1 aromatic carbocycles. The summed E-state index contributed by atoms with van der Waals surface area (Å²) in [6.07, 6.45) is 8.57. The monoisotopic (exact) mass is 388 g/mol. The largest absolute Gasteiger partial charge is 0.348 e. The standard InChI is InChI=1S/C21H20N6O2/c1-14-18(19(26-21(29)25-14)16-6-4-8-22-11-16)20(28)24-12-15-5-2-3-7-17(15)27-10-9-23-13-27/h2-11,13,19H,12H2,1H3,(H,24,28)(H2,25,26,29)/t19-/m1/s1. The number of carbonyl (C=O) groups is 2. The van der Waals surface area contributed by atoms with Crippen LogP contribution in [0.3, 0.4) is 0 Å². The van der Waals surface area contributed by atoms with Gasteiger partial charge < -0.3 is 20.5 Å². The zero-order chi connectivity index (χ0) is 20.2. The summed E-state index contributed by atoms with van der Waals surface area (Å²) in [6.45, 7) is 2.05. The fourth-order valence-electron chi connectivity index (χ4n) is 3.38. The quantitative estimate of drug-likeness (QED) is 0.624. The molecule has 0 spiro atoms. The van der Waals surface area contributed by atoms with Crippen LogP contribution in [0.2, 0.25) is 0 Å². The van der Waals surface area contributed by atoms with Gasteiger partial charge in [-0.3, -0.25) is 9.78 Å². The second kappa shape index (κ2) is 7.97. The Bertz CT molecular complexity index is 1060. The second-order valence-corrected chi connectivity index (χ2v) is 6.64. The Labute approximate surface area is 167 Å². The van der Waals surface area contributed by atoms with Crippen molar-refractivity contribution in [3.63, 3.8) is 0 Å². The molecule has 146 valence electrons. The summed E-state index contributed by atoms with van der Waals surface area (Å²) in [7, 11) is 0. The number of hydrogen-bond donors (Lipinski definition) is 3. The molecule has 0 saturated carbocycles. The second-order valence-electron chi connectivity index (χ2n) is 6.64. The molecule has 8 heteroatoms. The number of aromatic nitrogens is 3. The third-order valence-electron chi connectivity index (χ3n) is 4.75. The van der Waals surface area contributed by atoms with Crippen molar-refractivity contribution in [2.45, 2.75) is 19.5 Å². The van der Waals surface area contributed by atoms with Crippen molar-refractivity contribution in [1.82, 2.24) is 30.5 Å². The Morgan fingerprint density at radius 3 is 2.79 bits per heavy atom. The van der Waals surface area contributed by atoms with E-state index in [2.05, 4.69) is 25.9 Å². The molecule has 0 fully saturated rings. The van der Waals surface area contributed by atoms with E-state index in [0.29, 0.717) is 17.8 Å². The average Bonchev–Trinajstić information content (AvgIpc) is 3.27. The summed E-state index contributed by atoms with van der Waals surface area (Å²) in [5.74, 6) is -0.260. The van der Waals surface area contributed by atoms with Gasteiger partial charge in [0, 0.05) is 37.0 Å². The van der Waals surface area contributed by atoms with Crippen LogP contribution in [-0.2, 0) is 11.3 Å². The van der Waals surface area contributed by atoms with Gasteiger partial charge in [-0.2, -0.15) is 0 Å². The number of allylic oxidation sites excluding steroid dienone is 1. The molecule has 4 rings (SSSR count). The van der Waals surface area contributed by atoms with Crippen LogP contribution in [-0.4, -0.2) is 26.5 Å². The minimum atomic E-state index is -0.568. The lowest BCUT2D eigenvalue weighted by molar-refractivity contribution is -0.118. The number of hydrogen-bond acceptors (Lipinski definition) is 4. The van der Waals surface area contributed by atoms with Crippen molar-refractivity contribution in [2.75, 3.05) is 0 Å². The Morgan fingerprint density at radius 2 is 2.03 bits per heavy atom. The van der Waals surface area contributed by atoms with Crippen LogP contribution in [0.1, 0.15) is 24.1 Å². The van der Waals surface area contributed by atoms with Crippen LogP contribution in [0.25, 0.3) is 5.69 Å². The first kappa shape index (κ1) is 18.4. The molecule has 0 bridgehead atoms. The molecule has 1 atom stereocenters. The van der Waals surface area contributed by atoms with Crippen molar-refractivity contribution < 1.29 is 9.59 Å². The minimum Gasteiger partial charge on any atom is -0.348 e. The zero-order valence-electron chi connectivity index (χ0n) is 15.8. The number of amides is 3. The van der Waals surface area contributed by atoms with Gasteiger partial charge in [0.15, 0.2) is 0 Å². The van der Waals surface area contributed by atoms with Crippen LogP contribution < -0.4 is 16.0 Å². The summed E-state index contributed by atoms with van der Waals surface area (Å²) in [4.78, 5) is 33.2. The predicted octanol–water partition coefficient (Wildman–Crippen LogP) is 2.21. The van der Waals surface area contributed by atoms with Crippen LogP contribution in [0.5, 0.6) is 0 Å². The Balaban J connectivity index is 1.58. The van der Waals surface area contributed by atoms with Crippen molar-refractivity contribution in [2.24, 2.45) is 0 Å². The Morgan fingerprint density at radius 1 is 1.17 bits per heavy atom. The smallest absolute Gasteiger partial charge is 0.319 e. The fraction of sp³-hybridized carbons (Fsp3) is 0.143. The molecule has 2 aromatic heterocycles. The molecule has 0 radical (unpaired) electrons. The highest BCUT2D eigenvalue weighted by Gasteiger charge is 2.31. The molecule has 3 amide bonds. The molecule has 3 N–H and O–H groups in total. The third-order valence-corrected chi connectivity index (χ3v) is 4.75. The number of nitrogens with zero attached hydrogens (tertiary/aromatic N) is 3. The van der Waals surface area contributed by atoms with Gasteiger partial charge in [-0.15, -0.1) is 0 Å². The number of pyridine rings is 1. The van der Waals surface area contributed by atoms with E-state index >= 15 is 0 Å². The zero-order valence-corrected chi connectivity index (χ0v) is 15.8. The van der Waals surface area contributed by atoms with Crippen molar-refractivity contribution in [1.29, 1.82) is 0 Å². The van der Waals surface area contributed by atoms with Gasteiger partial charge >= 0.3 is 6.03 Å². The van der Waals surface area contributed by atoms with Gasteiger partial charge in [0.2, 0.25) is 0 Å². The minimum absolute atomic E-state index is 0.260. The maximum atomic E-state index is 13.1. The van der Waals surface area contributed by atoms with Crippen LogP contribution in [0, 0.1) is 0 Å². The van der Waals surface area contributed by atoms with E-state index in [1.165, 1.54) is 0 Å². The van der Waals surface area contributed by atoms with Crippen LogP contribution in [0.15, 0.2) is 78.8 Å². The molecule has 1 aliphatic heterocycles. The van der Waals surface area contributed by atoms with Gasteiger partial charge in [0.25, 0.3) is 5.91 Å². The molecule has 29 heavy (non-hydrogen) atoms. The van der Waals surface area contributed by atoms with Crippen molar-refractivity contribution in [3.8, 4) is 5.69 Å². The molecule has 0 unspecified atom stereocenters. The number of nitrogens with one attached hydrogen (secondary N) is 3. The van der Waals surface area contributed by atoms with Crippen LogP contribution in [0.4, 0.5) is 4.79 Å². The molecular formula is C21H20N6O2. The maximum Gasteiger partial charge on any atom is 0.319 e. The Kier molecular flexibility index (Phi) is 5.07. The fourth-order valence-corrected chi connectivity index (χ4v) is 3.38. The van der Waals surface area contributed by atoms with Gasteiger partial charge in [-0.25, -0.2) is 9.78 Å². The van der Waals surface area contributed by atoms with Gasteiger partial charge in [-0.1, -0.05) is 24.3 Å². The summed E-state index contributed by atoms with van der Waals surface area (Å²) in [6, 6.07) is 10.5. The molecule has 3 aromatic rings. The third kappa shape index (κ3) is 3.86.